The summed E-state index contributed by atoms with van der Waals surface area (Å²) in [6.45, 7) is 49.6. The van der Waals surface area contributed by atoms with Crippen LogP contribution in [0.2, 0.25) is 0 Å². The van der Waals surface area contributed by atoms with Crippen LogP contribution in [0.3, 0.4) is 0 Å². The van der Waals surface area contributed by atoms with Crippen LogP contribution in [0.15, 0.2) is 340 Å². The Hall–Kier alpha value is -13.8. The lowest BCUT2D eigenvalue weighted by atomic mass is 9.33. The standard InChI is InChI=1S/C130H119BN4S/c1-124(2,3)90-46-54-111-103(66-90)104-67-91(125(4,5)6)47-55-112(104)132(111)97-50-52-109-115(76-97)134-117-74-96(130(19,20)21)75-118-121(117)131(109)110-53-51-98(133-113-56-48-92(126(7,8)9)68-105(113)106-69-93(127(10,11)12)49-57-114(106)133)77-116(110)135(118)123-100(87-41-29-37-81(61-87)79-34-26-23-27-35-79)71-95(129(16,17)18)73-102(123)89-43-31-39-83(63-89)85-45-59-120-108(65-85)107-64-84(44-58-119(107)136-120)82-38-30-42-88(62-82)101-72-94(128(13,14)15)70-99(122(101)134)86-40-28-36-80(60-86)78-32-24-22-25-33-78/h22-77H,1-21H3. The molecule has 0 radical (unpaired) electrons. The van der Waals surface area contributed by atoms with Crippen molar-refractivity contribution < 1.29 is 0 Å². The third-order valence-corrected chi connectivity index (χ3v) is 31.0. The molecule has 17 aromatic carbocycles. The predicted octanol–water partition coefficient (Wildman–Crippen LogP) is 35.1. The summed E-state index contributed by atoms with van der Waals surface area (Å²) >= 11 is 1.89. The minimum atomic E-state index is -0.430. The molecule has 13 bridgehead atoms. The molecule has 4 nitrogen and oxygen atoms in total. The molecular formula is C130H119BN4S. The minimum absolute atomic E-state index is 0.100. The largest absolute Gasteiger partial charge is 0.310 e. The summed E-state index contributed by atoms with van der Waals surface area (Å²) in [6.07, 6.45) is 0. The molecule has 0 spiro atoms. The second kappa shape index (κ2) is 30.9. The maximum atomic E-state index is 2.82. The van der Waals surface area contributed by atoms with E-state index in [4.69, 9.17) is 0 Å². The number of rotatable bonds is 6. The number of hydrogen-bond donors (Lipinski definition) is 0. The van der Waals surface area contributed by atoms with Gasteiger partial charge in [0.2, 0.25) is 0 Å². The van der Waals surface area contributed by atoms with E-state index >= 15 is 0 Å². The molecule has 6 heterocycles. The van der Waals surface area contributed by atoms with Crippen molar-refractivity contribution in [2.45, 2.75) is 183 Å². The number of aromatic nitrogens is 2. The summed E-state index contributed by atoms with van der Waals surface area (Å²) in [7, 11) is 0. The zero-order chi connectivity index (χ0) is 94.2. The maximum absolute atomic E-state index is 2.82. The van der Waals surface area contributed by atoms with Crippen molar-refractivity contribution in [3.63, 3.8) is 0 Å². The minimum Gasteiger partial charge on any atom is -0.310 e. The van der Waals surface area contributed by atoms with Gasteiger partial charge < -0.3 is 18.9 Å². The zero-order valence-electron chi connectivity index (χ0n) is 82.6. The fourth-order valence-corrected chi connectivity index (χ4v) is 23.1. The molecule has 23 rings (SSSR count). The monoisotopic (exact) mass is 1780 g/mol. The first-order chi connectivity index (χ1) is 64.8. The summed E-state index contributed by atoms with van der Waals surface area (Å²) in [4.78, 5) is 5.64. The zero-order valence-corrected chi connectivity index (χ0v) is 83.4. The molecule has 3 aliphatic heterocycles. The molecule has 20 aromatic rings. The molecule has 3 aliphatic rings. The Balaban J connectivity index is 0.935. The highest BCUT2D eigenvalue weighted by molar-refractivity contribution is 7.25. The molecule has 0 unspecified atom stereocenters. The number of hydrogen-bond acceptors (Lipinski definition) is 3. The Bertz CT molecular complexity index is 7760. The van der Waals surface area contributed by atoms with Crippen LogP contribution in [0.5, 0.6) is 0 Å². The molecule has 0 saturated heterocycles. The Labute approximate surface area is 807 Å². The van der Waals surface area contributed by atoms with Gasteiger partial charge in [0.25, 0.3) is 6.71 Å². The second-order valence-corrected chi connectivity index (χ2v) is 47.4. The Morgan fingerprint density at radius 3 is 0.772 bits per heavy atom. The van der Waals surface area contributed by atoms with E-state index in [-0.39, 0.29) is 39.2 Å². The summed E-state index contributed by atoms with van der Waals surface area (Å²) in [5.74, 6) is 0. The Kier molecular flexibility index (Phi) is 19.6. The average molecular weight is 1780 g/mol. The third kappa shape index (κ3) is 14.4. The van der Waals surface area contributed by atoms with Gasteiger partial charge in [0.15, 0.2) is 0 Å². The van der Waals surface area contributed by atoms with Crippen molar-refractivity contribution in [1.29, 1.82) is 0 Å². The number of fused-ring (bicyclic) bond motifs is 26. The fourth-order valence-electron chi connectivity index (χ4n) is 22.0. The highest BCUT2D eigenvalue weighted by atomic mass is 32.1. The van der Waals surface area contributed by atoms with Crippen LogP contribution >= 0.6 is 11.3 Å². The van der Waals surface area contributed by atoms with Gasteiger partial charge in [-0.25, -0.2) is 0 Å². The highest BCUT2D eigenvalue weighted by Crippen LogP contribution is 2.58. The fraction of sp³-hybridized carbons (Fsp3) is 0.215. The van der Waals surface area contributed by atoms with E-state index in [0.717, 1.165) is 112 Å². The molecule has 3 aromatic heterocycles. The van der Waals surface area contributed by atoms with Crippen LogP contribution in [-0.2, 0) is 37.9 Å². The Morgan fingerprint density at radius 2 is 0.471 bits per heavy atom. The number of thiophene rings is 1. The highest BCUT2D eigenvalue weighted by Gasteiger charge is 2.47. The predicted molar refractivity (Wildman–Crippen MR) is 590 cm³/mol. The van der Waals surface area contributed by atoms with Crippen molar-refractivity contribution >= 4 is 132 Å². The van der Waals surface area contributed by atoms with Crippen LogP contribution in [0, 0.1) is 0 Å². The van der Waals surface area contributed by atoms with E-state index < -0.39 is 5.41 Å². The van der Waals surface area contributed by atoms with Crippen LogP contribution in [0.1, 0.15) is 184 Å². The van der Waals surface area contributed by atoms with Crippen molar-refractivity contribution in [2.75, 3.05) is 9.80 Å². The quantitative estimate of drug-likeness (QED) is 0.154. The summed E-state index contributed by atoms with van der Waals surface area (Å²) < 4.78 is 7.74. The lowest BCUT2D eigenvalue weighted by Crippen LogP contribution is -2.61. The van der Waals surface area contributed by atoms with Gasteiger partial charge in [-0.3, -0.25) is 0 Å². The van der Waals surface area contributed by atoms with Crippen molar-refractivity contribution in [2.24, 2.45) is 0 Å². The molecule has 668 valence electrons. The number of nitrogens with zero attached hydrogens (tertiary/aromatic N) is 4. The first-order valence-electron chi connectivity index (χ1n) is 48.9. The molecule has 0 N–H and O–H groups in total. The summed E-state index contributed by atoms with van der Waals surface area (Å²) in [6, 6.07) is 135. The van der Waals surface area contributed by atoms with E-state index in [1.54, 1.807) is 0 Å². The lowest BCUT2D eigenvalue weighted by Gasteiger charge is -2.47. The smallest absolute Gasteiger partial charge is 0.252 e. The number of benzene rings is 17. The van der Waals surface area contributed by atoms with Crippen LogP contribution in [0.25, 0.3) is 164 Å². The van der Waals surface area contributed by atoms with Crippen molar-refractivity contribution in [3.05, 3.63) is 379 Å². The normalized spacial score (nSPS) is 13.4. The van der Waals surface area contributed by atoms with E-state index in [0.29, 0.717) is 0 Å². The van der Waals surface area contributed by atoms with E-state index in [2.05, 4.69) is 504 Å². The second-order valence-electron chi connectivity index (χ2n) is 46.3. The van der Waals surface area contributed by atoms with E-state index in [1.165, 1.54) is 141 Å². The molecule has 6 heteroatoms. The topological polar surface area (TPSA) is 16.3 Å². The maximum Gasteiger partial charge on any atom is 0.252 e. The third-order valence-electron chi connectivity index (χ3n) is 29.9. The first-order valence-corrected chi connectivity index (χ1v) is 49.7. The lowest BCUT2D eigenvalue weighted by molar-refractivity contribution is 0.590. The van der Waals surface area contributed by atoms with Gasteiger partial charge in [-0.2, -0.15) is 0 Å². The van der Waals surface area contributed by atoms with Crippen LogP contribution < -0.4 is 26.2 Å². The molecule has 0 fully saturated rings. The van der Waals surface area contributed by atoms with E-state index in [1.807, 2.05) is 11.3 Å². The molecule has 0 amide bonds. The van der Waals surface area contributed by atoms with Gasteiger partial charge >= 0.3 is 0 Å². The molecule has 0 aliphatic carbocycles. The number of anilines is 6. The molecule has 136 heavy (non-hydrogen) atoms. The van der Waals surface area contributed by atoms with Gasteiger partial charge in [-0.1, -0.05) is 327 Å². The summed E-state index contributed by atoms with van der Waals surface area (Å²) in [5.41, 5.74) is 43.2. The van der Waals surface area contributed by atoms with E-state index in [9.17, 15) is 0 Å². The molecular weight excluding hydrogens is 1660 g/mol. The SMILES string of the molecule is CC(C)(C)c1cc(-c2cccc(-c3ccccc3)c2)c2c(c1)-c1cccc(c1)-c1ccc3sc4ccc(cc4c3c1)-c1cccc(c1)-c1cc(C(C)(C)C)cc(-c3cccc(-c4ccccc4)c3)c1N1c3cc(-n4c5ccc(C(C)(C)C)cc5c5cc(C(C)(C)C)ccc54)ccc3B3c4ccc(-n5c6ccc(C(C)(C)C)cc6c6cc(C(C)(C)C)ccc65)cc4N2c2cc(C(C)(C)C)cc1c23. The van der Waals surface area contributed by atoms with Crippen LogP contribution in [-0.4, -0.2) is 15.8 Å². The van der Waals surface area contributed by atoms with Gasteiger partial charge in [-0.15, -0.1) is 11.3 Å². The van der Waals surface area contributed by atoms with Crippen molar-refractivity contribution in [3.8, 4) is 100 Å². The summed E-state index contributed by atoms with van der Waals surface area (Å²) in [5, 5.41) is 7.53. The molecule has 0 atom stereocenters. The Morgan fingerprint density at radius 1 is 0.199 bits per heavy atom. The molecule has 0 saturated carbocycles. The van der Waals surface area contributed by atoms with Gasteiger partial charge in [0, 0.05) is 98.1 Å². The first kappa shape index (κ1) is 86.4. The van der Waals surface area contributed by atoms with Gasteiger partial charge in [0.1, 0.15) is 0 Å². The van der Waals surface area contributed by atoms with Gasteiger partial charge in [-0.05, 0) is 318 Å². The van der Waals surface area contributed by atoms with Gasteiger partial charge in [0.05, 0.1) is 33.4 Å². The van der Waals surface area contributed by atoms with Crippen LogP contribution in [0.4, 0.5) is 34.1 Å². The van der Waals surface area contributed by atoms with Crippen molar-refractivity contribution in [1.82, 2.24) is 9.13 Å². The average Bonchev–Trinajstić information content (AvgIpc) is 0.719.